The molecule has 0 radical (unpaired) electrons. The first-order chi connectivity index (χ1) is 20.8. The van der Waals surface area contributed by atoms with E-state index in [1.165, 1.54) is 0 Å². The highest BCUT2D eigenvalue weighted by Gasteiger charge is 2.75. The van der Waals surface area contributed by atoms with Gasteiger partial charge in [-0.15, -0.1) is 0 Å². The predicted molar refractivity (Wildman–Crippen MR) is 115 cm³/mol. The minimum atomic E-state index is -6.21. The van der Waals surface area contributed by atoms with E-state index in [0.717, 1.165) is 0 Å². The maximum absolute atomic E-state index is 13.3. The fraction of sp³-hybridized carbons (Fsp3) is 1.00. The van der Waals surface area contributed by atoms with Gasteiger partial charge < -0.3 is 38.6 Å². The Balaban J connectivity index is 0.000000964. The summed E-state index contributed by atoms with van der Waals surface area (Å²) in [6.07, 6.45) is -20.2. The standard InChI is InChI=1S/C13H20F8O7.C8H8F8O2/c14-10(15)11(16,17)5-25-3-9(23)4-26-6-12(18,19)28-13(20,21)7-27-8-24-2-1-22;9-5(10)7(13,14)8(15,16)6(11,12)3-17-1-4-2-18-4/h9-10,22-23H,1-8H2;4-5H,1-3H2. The summed E-state index contributed by atoms with van der Waals surface area (Å²) in [7, 11) is 0. The Labute approximate surface area is 248 Å². The van der Waals surface area contributed by atoms with Gasteiger partial charge in [-0.25, -0.2) is 17.6 Å². The zero-order chi connectivity index (χ0) is 36.0. The molecule has 46 heavy (non-hydrogen) atoms. The van der Waals surface area contributed by atoms with Crippen LogP contribution in [0, 0.1) is 0 Å². The van der Waals surface area contributed by atoms with Gasteiger partial charge in [-0.1, -0.05) is 0 Å². The third-order valence-corrected chi connectivity index (χ3v) is 4.62. The van der Waals surface area contributed by atoms with Crippen molar-refractivity contribution in [2.75, 3.05) is 72.9 Å². The predicted octanol–water partition coefficient (Wildman–Crippen LogP) is 4.04. The monoisotopic (exact) mass is 728 g/mol. The topological polar surface area (TPSA) is 108 Å². The molecule has 1 aliphatic heterocycles. The first-order valence-electron chi connectivity index (χ1n) is 12.2. The minimum absolute atomic E-state index is 0.176. The van der Waals surface area contributed by atoms with Crippen LogP contribution in [-0.4, -0.2) is 144 Å². The van der Waals surface area contributed by atoms with Crippen molar-refractivity contribution >= 4 is 0 Å². The molecule has 0 aliphatic carbocycles. The van der Waals surface area contributed by atoms with E-state index < -0.39 is 121 Å². The molecule has 0 bridgehead atoms. The lowest BCUT2D eigenvalue weighted by Crippen LogP contribution is -2.59. The van der Waals surface area contributed by atoms with Gasteiger partial charge in [0.05, 0.1) is 39.6 Å². The summed E-state index contributed by atoms with van der Waals surface area (Å²) in [4.78, 5) is 0. The van der Waals surface area contributed by atoms with Crippen molar-refractivity contribution in [2.45, 2.75) is 61.0 Å². The van der Waals surface area contributed by atoms with Crippen LogP contribution in [0.25, 0.3) is 0 Å². The average Bonchev–Trinajstić information content (AvgIpc) is 3.72. The number of epoxide rings is 1. The summed E-state index contributed by atoms with van der Waals surface area (Å²) < 4.78 is 229. The number of rotatable bonds is 24. The molecule has 2 N–H and O–H groups in total. The molecule has 1 fully saturated rings. The van der Waals surface area contributed by atoms with E-state index in [2.05, 4.69) is 33.2 Å². The molecule has 0 spiro atoms. The summed E-state index contributed by atoms with van der Waals surface area (Å²) >= 11 is 0. The van der Waals surface area contributed by atoms with Crippen LogP contribution in [-0.2, 0) is 33.2 Å². The highest BCUT2D eigenvalue weighted by molar-refractivity contribution is 4.98. The van der Waals surface area contributed by atoms with E-state index >= 15 is 0 Å². The molecule has 278 valence electrons. The van der Waals surface area contributed by atoms with Crippen LogP contribution in [0.4, 0.5) is 70.2 Å². The Morgan fingerprint density at radius 3 is 1.63 bits per heavy atom. The third-order valence-electron chi connectivity index (χ3n) is 4.62. The molecular weight excluding hydrogens is 700 g/mol. The lowest BCUT2D eigenvalue weighted by Gasteiger charge is -2.31. The second-order valence-corrected chi connectivity index (χ2v) is 8.89. The van der Waals surface area contributed by atoms with Crippen LogP contribution in [0.1, 0.15) is 0 Å². The van der Waals surface area contributed by atoms with Crippen LogP contribution in [0.2, 0.25) is 0 Å². The first kappa shape index (κ1) is 44.5. The van der Waals surface area contributed by atoms with Gasteiger partial charge in [-0.05, 0) is 0 Å². The van der Waals surface area contributed by atoms with Gasteiger partial charge in [0.25, 0.3) is 0 Å². The van der Waals surface area contributed by atoms with E-state index in [-0.39, 0.29) is 13.2 Å². The molecule has 1 heterocycles. The Morgan fingerprint density at radius 2 is 1.17 bits per heavy atom. The molecule has 0 saturated carbocycles. The molecule has 1 aliphatic rings. The van der Waals surface area contributed by atoms with E-state index in [1.54, 1.807) is 0 Å². The lowest BCUT2D eigenvalue weighted by molar-refractivity contribution is -0.396. The van der Waals surface area contributed by atoms with Crippen molar-refractivity contribution in [1.29, 1.82) is 0 Å². The lowest BCUT2D eigenvalue weighted by atomic mass is 10.1. The summed E-state index contributed by atoms with van der Waals surface area (Å²) in [6, 6.07) is 0. The first-order valence-corrected chi connectivity index (χ1v) is 12.2. The van der Waals surface area contributed by atoms with Gasteiger partial charge in [0, 0.05) is 0 Å². The van der Waals surface area contributed by atoms with Gasteiger partial charge in [0.2, 0.25) is 0 Å². The maximum Gasteiger partial charge on any atom is 0.383 e. The molecule has 1 saturated heterocycles. The van der Waals surface area contributed by atoms with Crippen LogP contribution in [0.3, 0.4) is 0 Å². The van der Waals surface area contributed by atoms with Crippen LogP contribution >= 0.6 is 0 Å². The number of aliphatic hydroxyl groups is 2. The van der Waals surface area contributed by atoms with Gasteiger partial charge in [0.15, 0.2) is 0 Å². The molecule has 2 atom stereocenters. The molecule has 0 amide bonds. The number of halogens is 16. The second-order valence-electron chi connectivity index (χ2n) is 8.89. The number of alkyl halides is 16. The molecule has 0 aromatic rings. The van der Waals surface area contributed by atoms with Gasteiger partial charge in [0.1, 0.15) is 45.4 Å². The minimum Gasteiger partial charge on any atom is -0.394 e. The summed E-state index contributed by atoms with van der Waals surface area (Å²) in [5.41, 5.74) is 0. The zero-order valence-corrected chi connectivity index (χ0v) is 22.9. The molecule has 1 rings (SSSR count). The second kappa shape index (κ2) is 18.9. The highest BCUT2D eigenvalue weighted by atomic mass is 19.4. The van der Waals surface area contributed by atoms with Crippen molar-refractivity contribution in [3.05, 3.63) is 0 Å². The van der Waals surface area contributed by atoms with Crippen molar-refractivity contribution in [3.8, 4) is 0 Å². The molecule has 25 heteroatoms. The van der Waals surface area contributed by atoms with Crippen molar-refractivity contribution < 1.29 is 114 Å². The fourth-order valence-electron chi connectivity index (χ4n) is 2.33. The van der Waals surface area contributed by atoms with Crippen LogP contribution in [0.5, 0.6) is 0 Å². The molecule has 2 unspecified atom stereocenters. The molecule has 0 aromatic heterocycles. The highest BCUT2D eigenvalue weighted by Crippen LogP contribution is 2.48. The average molecular weight is 728 g/mol. The van der Waals surface area contributed by atoms with Gasteiger partial charge >= 0.3 is 48.8 Å². The largest absolute Gasteiger partial charge is 0.394 e. The Kier molecular flexibility index (Phi) is 18.3. The summed E-state index contributed by atoms with van der Waals surface area (Å²) in [5.74, 6) is -22.2. The number of aliphatic hydroxyl groups excluding tert-OH is 2. The number of ether oxygens (including phenoxy) is 7. The number of hydrogen-bond acceptors (Lipinski definition) is 9. The maximum atomic E-state index is 13.3. The fourth-order valence-corrected chi connectivity index (χ4v) is 2.33. The van der Waals surface area contributed by atoms with Crippen molar-refractivity contribution in [2.24, 2.45) is 0 Å². The quantitative estimate of drug-likeness (QED) is 0.0660. The normalized spacial score (nSPS) is 17.3. The Bertz CT molecular complexity index is 835. The van der Waals surface area contributed by atoms with Gasteiger partial charge in [-0.2, -0.15) is 52.7 Å². The van der Waals surface area contributed by atoms with Crippen LogP contribution in [0.15, 0.2) is 0 Å². The molecule has 0 aromatic carbocycles. The Hall–Kier alpha value is -1.48. The van der Waals surface area contributed by atoms with Crippen LogP contribution < -0.4 is 0 Å². The zero-order valence-electron chi connectivity index (χ0n) is 22.9. The van der Waals surface area contributed by atoms with E-state index in [4.69, 9.17) is 5.11 Å². The third kappa shape index (κ3) is 16.6. The van der Waals surface area contributed by atoms with Crippen molar-refractivity contribution in [3.63, 3.8) is 0 Å². The molecule has 9 nitrogen and oxygen atoms in total. The summed E-state index contributed by atoms with van der Waals surface area (Å²) in [5, 5.41) is 17.6. The van der Waals surface area contributed by atoms with E-state index in [0.29, 0.717) is 0 Å². The van der Waals surface area contributed by atoms with Gasteiger partial charge in [-0.3, -0.25) is 4.74 Å². The number of hydrogen-bond donors (Lipinski definition) is 2. The SMILES string of the molecule is FC(F)C(F)(F)C(F)(F)C(F)(F)COCC1CO1.OCCOCOCC(F)(F)OC(F)(F)COCC(O)COCC(F)(F)C(F)F. The van der Waals surface area contributed by atoms with E-state index in [1.807, 2.05) is 0 Å². The Morgan fingerprint density at radius 1 is 0.674 bits per heavy atom. The smallest absolute Gasteiger partial charge is 0.383 e. The summed E-state index contributed by atoms with van der Waals surface area (Å²) in [6.45, 7) is -10.7. The van der Waals surface area contributed by atoms with Crippen molar-refractivity contribution in [1.82, 2.24) is 0 Å². The molecular formula is C21H28F16O9. The van der Waals surface area contributed by atoms with E-state index in [9.17, 15) is 75.4 Å².